The first-order valence-corrected chi connectivity index (χ1v) is 5.40. The van der Waals surface area contributed by atoms with E-state index in [1.165, 1.54) is 6.26 Å². The monoisotopic (exact) mass is 257 g/mol. The molecule has 1 heterocycles. The molecule has 2 nitrogen and oxygen atoms in total. The van der Waals surface area contributed by atoms with Crippen molar-refractivity contribution in [3.63, 3.8) is 0 Å². The lowest BCUT2D eigenvalue weighted by Crippen LogP contribution is -2.07. The zero-order chi connectivity index (χ0) is 12.4. The number of rotatable bonds is 3. The van der Waals surface area contributed by atoms with Crippen molar-refractivity contribution < 1.29 is 13.2 Å². The van der Waals surface area contributed by atoms with Crippen LogP contribution in [0.3, 0.4) is 0 Å². The Morgan fingerprint density at radius 3 is 2.71 bits per heavy atom. The van der Waals surface area contributed by atoms with Crippen LogP contribution in [0.15, 0.2) is 34.9 Å². The number of nitrogens with one attached hydrogen (secondary N) is 1. The van der Waals surface area contributed by atoms with Crippen LogP contribution in [-0.2, 0) is 0 Å². The number of anilines is 1. The first kappa shape index (κ1) is 11.9. The van der Waals surface area contributed by atoms with Crippen molar-refractivity contribution in [2.75, 3.05) is 5.32 Å². The molecular formula is C12H10ClF2NO. The maximum Gasteiger partial charge on any atom is 0.150 e. The first-order valence-electron chi connectivity index (χ1n) is 5.02. The highest BCUT2D eigenvalue weighted by Crippen LogP contribution is 2.29. The fourth-order valence-corrected chi connectivity index (χ4v) is 1.75. The van der Waals surface area contributed by atoms with Crippen LogP contribution in [0.4, 0.5) is 14.5 Å². The summed E-state index contributed by atoms with van der Waals surface area (Å²) >= 11 is 5.77. The summed E-state index contributed by atoms with van der Waals surface area (Å²) in [6.45, 7) is 1.79. The molecule has 1 aromatic carbocycles. The molecule has 0 aliphatic rings. The van der Waals surface area contributed by atoms with Gasteiger partial charge in [0.15, 0.2) is 5.82 Å². The zero-order valence-electron chi connectivity index (χ0n) is 9.01. The highest BCUT2D eigenvalue weighted by molar-refractivity contribution is 6.33. The third kappa shape index (κ3) is 2.58. The van der Waals surface area contributed by atoms with Gasteiger partial charge in [0.1, 0.15) is 11.6 Å². The predicted octanol–water partition coefficient (Wildman–Crippen LogP) is 4.38. The summed E-state index contributed by atoms with van der Waals surface area (Å²) in [6, 6.07) is 5.07. The van der Waals surface area contributed by atoms with Crippen LogP contribution in [0.5, 0.6) is 0 Å². The quantitative estimate of drug-likeness (QED) is 0.882. The van der Waals surface area contributed by atoms with Crippen LogP contribution in [0.1, 0.15) is 18.7 Å². The molecule has 0 aliphatic carbocycles. The molecule has 5 heteroatoms. The number of benzene rings is 1. The average molecular weight is 258 g/mol. The molecule has 1 atom stereocenters. The minimum Gasteiger partial charge on any atom is -0.467 e. The Bertz CT molecular complexity index is 490. The second kappa shape index (κ2) is 4.75. The molecule has 0 bridgehead atoms. The van der Waals surface area contributed by atoms with E-state index in [1.54, 1.807) is 19.1 Å². The Morgan fingerprint density at radius 1 is 1.35 bits per heavy atom. The fraction of sp³-hybridized carbons (Fsp3) is 0.167. The minimum absolute atomic E-state index is 0.000839. The van der Waals surface area contributed by atoms with E-state index in [2.05, 4.69) is 5.32 Å². The van der Waals surface area contributed by atoms with Crippen LogP contribution in [0.25, 0.3) is 0 Å². The van der Waals surface area contributed by atoms with Gasteiger partial charge in [-0.3, -0.25) is 0 Å². The summed E-state index contributed by atoms with van der Waals surface area (Å²) in [7, 11) is 0. The van der Waals surface area contributed by atoms with Gasteiger partial charge in [-0.25, -0.2) is 8.78 Å². The standard InChI is InChI=1S/C12H10ClF2NO/c1-7(11-3-2-4-17-11)16-12-9(13)5-8(14)6-10(12)15/h2-7,16H,1H3. The van der Waals surface area contributed by atoms with Gasteiger partial charge in [0, 0.05) is 6.07 Å². The fourth-order valence-electron chi connectivity index (χ4n) is 1.51. The van der Waals surface area contributed by atoms with Crippen molar-refractivity contribution in [3.8, 4) is 0 Å². The highest BCUT2D eigenvalue weighted by atomic mass is 35.5. The smallest absolute Gasteiger partial charge is 0.150 e. The van der Waals surface area contributed by atoms with Gasteiger partial charge in [-0.15, -0.1) is 0 Å². The molecule has 0 radical (unpaired) electrons. The number of hydrogen-bond donors (Lipinski definition) is 1. The van der Waals surface area contributed by atoms with Crippen LogP contribution in [0.2, 0.25) is 5.02 Å². The predicted molar refractivity (Wildman–Crippen MR) is 62.1 cm³/mol. The Morgan fingerprint density at radius 2 is 2.12 bits per heavy atom. The molecule has 17 heavy (non-hydrogen) atoms. The summed E-state index contributed by atoms with van der Waals surface area (Å²) in [5.74, 6) is -0.790. The Hall–Kier alpha value is -1.55. The summed E-state index contributed by atoms with van der Waals surface area (Å²) in [6.07, 6.45) is 1.52. The van der Waals surface area contributed by atoms with E-state index >= 15 is 0 Å². The van der Waals surface area contributed by atoms with Gasteiger partial charge in [-0.05, 0) is 25.1 Å². The van der Waals surface area contributed by atoms with Gasteiger partial charge in [-0.1, -0.05) is 11.6 Å². The van der Waals surface area contributed by atoms with Crippen molar-refractivity contribution in [1.82, 2.24) is 0 Å². The first-order chi connectivity index (χ1) is 8.08. The number of furan rings is 1. The Kier molecular flexibility index (Phi) is 3.33. The van der Waals surface area contributed by atoms with Gasteiger partial charge < -0.3 is 9.73 Å². The zero-order valence-corrected chi connectivity index (χ0v) is 9.76. The maximum atomic E-state index is 13.5. The SMILES string of the molecule is CC(Nc1c(F)cc(F)cc1Cl)c1ccco1. The highest BCUT2D eigenvalue weighted by Gasteiger charge is 2.14. The second-order valence-electron chi connectivity index (χ2n) is 3.63. The van der Waals surface area contributed by atoms with E-state index in [-0.39, 0.29) is 16.8 Å². The number of halogens is 3. The third-order valence-corrected chi connectivity index (χ3v) is 2.64. The third-order valence-electron chi connectivity index (χ3n) is 2.34. The van der Waals surface area contributed by atoms with E-state index in [9.17, 15) is 8.78 Å². The average Bonchev–Trinajstić information content (AvgIpc) is 2.76. The molecule has 0 aliphatic heterocycles. The molecule has 1 N–H and O–H groups in total. The molecule has 1 unspecified atom stereocenters. The lowest BCUT2D eigenvalue weighted by molar-refractivity contribution is 0.489. The molecule has 0 amide bonds. The lowest BCUT2D eigenvalue weighted by Gasteiger charge is -2.14. The largest absolute Gasteiger partial charge is 0.467 e. The molecule has 2 rings (SSSR count). The molecule has 0 saturated carbocycles. The molecule has 0 saturated heterocycles. The van der Waals surface area contributed by atoms with Crippen LogP contribution >= 0.6 is 11.6 Å². The number of hydrogen-bond acceptors (Lipinski definition) is 2. The van der Waals surface area contributed by atoms with Gasteiger partial charge in [0.25, 0.3) is 0 Å². The summed E-state index contributed by atoms with van der Waals surface area (Å²) < 4.78 is 31.5. The van der Waals surface area contributed by atoms with Crippen LogP contribution < -0.4 is 5.32 Å². The van der Waals surface area contributed by atoms with Crippen molar-refractivity contribution in [2.24, 2.45) is 0 Å². The van der Waals surface area contributed by atoms with Gasteiger partial charge in [0.2, 0.25) is 0 Å². The van der Waals surface area contributed by atoms with E-state index in [0.29, 0.717) is 5.76 Å². The van der Waals surface area contributed by atoms with E-state index in [1.807, 2.05) is 0 Å². The normalized spacial score (nSPS) is 12.5. The summed E-state index contributed by atoms with van der Waals surface area (Å²) in [5.41, 5.74) is 0.0666. The molecule has 1 aromatic heterocycles. The maximum absolute atomic E-state index is 13.5. The van der Waals surface area contributed by atoms with Crippen LogP contribution in [-0.4, -0.2) is 0 Å². The van der Waals surface area contributed by atoms with Crippen molar-refractivity contribution in [3.05, 3.63) is 52.9 Å². The van der Waals surface area contributed by atoms with Crippen molar-refractivity contribution >= 4 is 17.3 Å². The van der Waals surface area contributed by atoms with Gasteiger partial charge in [-0.2, -0.15) is 0 Å². The topological polar surface area (TPSA) is 25.2 Å². The molecule has 0 fully saturated rings. The van der Waals surface area contributed by atoms with Crippen molar-refractivity contribution in [1.29, 1.82) is 0 Å². The van der Waals surface area contributed by atoms with E-state index in [0.717, 1.165) is 12.1 Å². The Balaban J connectivity index is 2.25. The second-order valence-corrected chi connectivity index (χ2v) is 4.03. The molecule has 0 spiro atoms. The van der Waals surface area contributed by atoms with E-state index < -0.39 is 11.6 Å². The lowest BCUT2D eigenvalue weighted by atomic mass is 10.2. The Labute approximate surface area is 102 Å². The molecule has 2 aromatic rings. The van der Waals surface area contributed by atoms with Crippen molar-refractivity contribution in [2.45, 2.75) is 13.0 Å². The van der Waals surface area contributed by atoms with Gasteiger partial charge in [0.05, 0.1) is 23.0 Å². The minimum atomic E-state index is -0.728. The van der Waals surface area contributed by atoms with E-state index in [4.69, 9.17) is 16.0 Å². The molecular weight excluding hydrogens is 248 g/mol. The summed E-state index contributed by atoms with van der Waals surface area (Å²) in [4.78, 5) is 0. The van der Waals surface area contributed by atoms with Gasteiger partial charge >= 0.3 is 0 Å². The van der Waals surface area contributed by atoms with Crippen LogP contribution in [0, 0.1) is 11.6 Å². The summed E-state index contributed by atoms with van der Waals surface area (Å²) in [5, 5.41) is 2.84. The molecule has 90 valence electrons.